The van der Waals surface area contributed by atoms with Gasteiger partial charge in [-0.2, -0.15) is 0 Å². The lowest BCUT2D eigenvalue weighted by atomic mass is 10.3. The molecule has 1 unspecified atom stereocenters. The second-order valence-corrected chi connectivity index (χ2v) is 4.76. The molecule has 3 heteroatoms. The fourth-order valence-electron chi connectivity index (χ4n) is 1.13. The minimum atomic E-state index is 0.639. The summed E-state index contributed by atoms with van der Waals surface area (Å²) in [5.74, 6) is 0. The van der Waals surface area contributed by atoms with Gasteiger partial charge in [-0.3, -0.25) is 0 Å². The normalized spacial score (nSPS) is 12.8. The summed E-state index contributed by atoms with van der Waals surface area (Å²) in [7, 11) is 1.96. The van der Waals surface area contributed by atoms with Crippen molar-refractivity contribution in [1.29, 1.82) is 0 Å². The van der Waals surface area contributed by atoms with Crippen molar-refractivity contribution in [2.45, 2.75) is 37.1 Å². The van der Waals surface area contributed by atoms with Crippen molar-refractivity contribution in [3.05, 3.63) is 23.9 Å². The van der Waals surface area contributed by atoms with Crippen LogP contribution in [0.1, 0.15) is 25.8 Å². The molecule has 2 nitrogen and oxygen atoms in total. The Labute approximate surface area is 90.5 Å². The van der Waals surface area contributed by atoms with E-state index in [9.17, 15) is 0 Å². The van der Waals surface area contributed by atoms with E-state index >= 15 is 0 Å². The van der Waals surface area contributed by atoms with E-state index in [0.29, 0.717) is 5.25 Å². The molecule has 0 fully saturated rings. The molecule has 1 rings (SSSR count). The number of nitrogens with one attached hydrogen (secondary N) is 1. The lowest BCUT2D eigenvalue weighted by Gasteiger charge is -2.11. The second kappa shape index (κ2) is 6.04. The molecule has 0 aliphatic rings. The Bertz CT molecular complexity index is 276. The Hall–Kier alpha value is -0.540. The van der Waals surface area contributed by atoms with Crippen LogP contribution in [0.15, 0.2) is 23.4 Å². The van der Waals surface area contributed by atoms with Crippen LogP contribution in [0.5, 0.6) is 0 Å². The monoisotopic (exact) mass is 210 g/mol. The highest BCUT2D eigenvalue weighted by Crippen LogP contribution is 2.25. The molecule has 0 saturated heterocycles. The van der Waals surface area contributed by atoms with E-state index in [-0.39, 0.29) is 0 Å². The summed E-state index contributed by atoms with van der Waals surface area (Å²) in [4.78, 5) is 4.41. The van der Waals surface area contributed by atoms with E-state index in [2.05, 4.69) is 30.2 Å². The van der Waals surface area contributed by atoms with Crippen LogP contribution < -0.4 is 5.32 Å². The first-order valence-electron chi connectivity index (χ1n) is 5.03. The van der Waals surface area contributed by atoms with E-state index in [1.807, 2.05) is 31.1 Å². The Balaban J connectivity index is 2.73. The van der Waals surface area contributed by atoms with Crippen LogP contribution in [-0.2, 0) is 6.54 Å². The molecule has 14 heavy (non-hydrogen) atoms. The SMILES string of the molecule is CCC(C)Sc1ncccc1CNC. The number of aromatic nitrogens is 1. The zero-order valence-corrected chi connectivity index (χ0v) is 9.90. The van der Waals surface area contributed by atoms with Crippen LogP contribution in [0.3, 0.4) is 0 Å². The van der Waals surface area contributed by atoms with Gasteiger partial charge in [0.15, 0.2) is 0 Å². The van der Waals surface area contributed by atoms with Crippen LogP contribution in [0.2, 0.25) is 0 Å². The van der Waals surface area contributed by atoms with Crippen LogP contribution in [0.25, 0.3) is 0 Å². The summed E-state index contributed by atoms with van der Waals surface area (Å²) in [6.07, 6.45) is 3.05. The standard InChI is InChI=1S/C11H18N2S/c1-4-9(2)14-11-10(8-12-3)6-5-7-13-11/h5-7,9,12H,4,8H2,1-3H3. The highest BCUT2D eigenvalue weighted by molar-refractivity contribution is 7.99. The Kier molecular flexibility index (Phi) is 4.98. The smallest absolute Gasteiger partial charge is 0.101 e. The predicted molar refractivity (Wildman–Crippen MR) is 62.6 cm³/mol. The average Bonchev–Trinajstić information content (AvgIpc) is 2.21. The largest absolute Gasteiger partial charge is 0.316 e. The summed E-state index contributed by atoms with van der Waals surface area (Å²) in [5.41, 5.74) is 1.29. The molecule has 0 saturated carbocycles. The highest BCUT2D eigenvalue weighted by atomic mass is 32.2. The lowest BCUT2D eigenvalue weighted by molar-refractivity contribution is 0.787. The van der Waals surface area contributed by atoms with Crippen LogP contribution >= 0.6 is 11.8 Å². The summed E-state index contributed by atoms with van der Waals surface area (Å²) in [6.45, 7) is 5.34. The van der Waals surface area contributed by atoms with Crippen LogP contribution in [0.4, 0.5) is 0 Å². The van der Waals surface area contributed by atoms with Gasteiger partial charge in [0, 0.05) is 18.0 Å². The summed E-state index contributed by atoms with van der Waals surface area (Å²) in [5, 5.41) is 4.96. The summed E-state index contributed by atoms with van der Waals surface area (Å²) in [6, 6.07) is 4.13. The molecule has 0 amide bonds. The molecule has 1 heterocycles. The molecular weight excluding hydrogens is 192 g/mol. The molecule has 0 aliphatic heterocycles. The van der Waals surface area contributed by atoms with E-state index in [4.69, 9.17) is 0 Å². The number of hydrogen-bond donors (Lipinski definition) is 1. The van der Waals surface area contributed by atoms with Gasteiger partial charge in [-0.25, -0.2) is 4.98 Å². The molecule has 0 aliphatic carbocycles. The maximum absolute atomic E-state index is 4.41. The van der Waals surface area contributed by atoms with Gasteiger partial charge >= 0.3 is 0 Å². The average molecular weight is 210 g/mol. The zero-order chi connectivity index (χ0) is 10.4. The third-order valence-electron chi connectivity index (χ3n) is 2.10. The van der Waals surface area contributed by atoms with E-state index < -0.39 is 0 Å². The fraction of sp³-hybridized carbons (Fsp3) is 0.545. The molecule has 1 atom stereocenters. The number of rotatable bonds is 5. The topological polar surface area (TPSA) is 24.9 Å². The van der Waals surface area contributed by atoms with Crippen LogP contribution in [-0.4, -0.2) is 17.3 Å². The molecule has 78 valence electrons. The van der Waals surface area contributed by atoms with Gasteiger partial charge in [-0.1, -0.05) is 19.9 Å². The molecule has 1 aromatic rings. The first-order valence-corrected chi connectivity index (χ1v) is 5.91. The van der Waals surface area contributed by atoms with Crippen molar-refractivity contribution >= 4 is 11.8 Å². The quantitative estimate of drug-likeness (QED) is 0.756. The van der Waals surface area contributed by atoms with E-state index in [0.717, 1.165) is 11.6 Å². The highest BCUT2D eigenvalue weighted by Gasteiger charge is 2.06. The molecule has 0 radical (unpaired) electrons. The van der Waals surface area contributed by atoms with Gasteiger partial charge < -0.3 is 5.32 Å². The van der Waals surface area contributed by atoms with E-state index in [1.165, 1.54) is 12.0 Å². The molecule has 0 bridgehead atoms. The van der Waals surface area contributed by atoms with Crippen molar-refractivity contribution < 1.29 is 0 Å². The van der Waals surface area contributed by atoms with Crippen molar-refractivity contribution in [2.24, 2.45) is 0 Å². The van der Waals surface area contributed by atoms with Gasteiger partial charge in [0.05, 0.1) is 0 Å². The predicted octanol–water partition coefficient (Wildman–Crippen LogP) is 2.69. The summed E-state index contributed by atoms with van der Waals surface area (Å²) >= 11 is 1.86. The molecule has 1 aromatic heterocycles. The Morgan fingerprint density at radius 1 is 1.57 bits per heavy atom. The lowest BCUT2D eigenvalue weighted by Crippen LogP contribution is -2.07. The Morgan fingerprint density at radius 2 is 2.36 bits per heavy atom. The van der Waals surface area contributed by atoms with Crippen molar-refractivity contribution in [2.75, 3.05) is 7.05 Å². The van der Waals surface area contributed by atoms with Crippen LogP contribution in [0, 0.1) is 0 Å². The first kappa shape index (κ1) is 11.5. The number of pyridine rings is 1. The molecular formula is C11H18N2S. The van der Waals surface area contributed by atoms with Gasteiger partial charge in [0.1, 0.15) is 5.03 Å². The third kappa shape index (κ3) is 3.31. The molecule has 0 spiro atoms. The number of nitrogens with zero attached hydrogens (tertiary/aromatic N) is 1. The maximum atomic E-state index is 4.41. The maximum Gasteiger partial charge on any atom is 0.101 e. The fourth-order valence-corrected chi connectivity index (χ4v) is 2.09. The second-order valence-electron chi connectivity index (χ2n) is 3.33. The van der Waals surface area contributed by atoms with Crippen molar-refractivity contribution in [3.63, 3.8) is 0 Å². The Morgan fingerprint density at radius 3 is 3.00 bits per heavy atom. The van der Waals surface area contributed by atoms with Crippen molar-refractivity contribution in [1.82, 2.24) is 10.3 Å². The zero-order valence-electron chi connectivity index (χ0n) is 9.08. The third-order valence-corrected chi connectivity index (χ3v) is 3.43. The number of hydrogen-bond acceptors (Lipinski definition) is 3. The van der Waals surface area contributed by atoms with Crippen molar-refractivity contribution in [3.8, 4) is 0 Å². The van der Waals surface area contributed by atoms with Gasteiger partial charge in [0.2, 0.25) is 0 Å². The molecule has 1 N–H and O–H groups in total. The van der Waals surface area contributed by atoms with Gasteiger partial charge in [0.25, 0.3) is 0 Å². The van der Waals surface area contributed by atoms with Gasteiger partial charge in [-0.15, -0.1) is 11.8 Å². The molecule has 0 aromatic carbocycles. The number of thioether (sulfide) groups is 1. The van der Waals surface area contributed by atoms with Gasteiger partial charge in [-0.05, 0) is 25.1 Å². The first-order chi connectivity index (χ1) is 6.77. The summed E-state index contributed by atoms with van der Waals surface area (Å²) < 4.78 is 0. The minimum absolute atomic E-state index is 0.639. The minimum Gasteiger partial charge on any atom is -0.316 e. The van der Waals surface area contributed by atoms with E-state index in [1.54, 1.807) is 0 Å².